The lowest BCUT2D eigenvalue weighted by atomic mass is 10.1. The van der Waals surface area contributed by atoms with E-state index in [9.17, 15) is 9.59 Å². The summed E-state index contributed by atoms with van der Waals surface area (Å²) in [4.78, 5) is 38.3. The Morgan fingerprint density at radius 1 is 1.21 bits per heavy atom. The van der Waals surface area contributed by atoms with Gasteiger partial charge in [0.05, 0.1) is 26.8 Å². The first-order valence-corrected chi connectivity index (χ1v) is 10.6. The van der Waals surface area contributed by atoms with Gasteiger partial charge < -0.3 is 20.4 Å². The van der Waals surface area contributed by atoms with Crippen molar-refractivity contribution < 1.29 is 14.3 Å². The van der Waals surface area contributed by atoms with Crippen LogP contribution in [0.5, 0.6) is 5.88 Å². The number of benzene rings is 2. The summed E-state index contributed by atoms with van der Waals surface area (Å²) in [6.45, 7) is -0.109. The predicted octanol–water partition coefficient (Wildman–Crippen LogP) is 4.36. The van der Waals surface area contributed by atoms with Crippen LogP contribution in [0, 0.1) is 0 Å². The number of carbonyl (C=O) groups excluding carboxylic acids is 2. The molecule has 0 saturated heterocycles. The fraction of sp³-hybridized carbons (Fsp3) is 0.0909. The maximum Gasteiger partial charge on any atom is 0.268 e. The average Bonchev–Trinajstić information content (AvgIpc) is 3.28. The quantitative estimate of drug-likeness (QED) is 0.398. The molecule has 0 saturated carbocycles. The van der Waals surface area contributed by atoms with E-state index in [1.54, 1.807) is 37.5 Å². The number of H-pyrrole nitrogens is 1. The van der Waals surface area contributed by atoms with Crippen LogP contribution >= 0.6 is 23.2 Å². The van der Waals surface area contributed by atoms with E-state index < -0.39 is 0 Å². The normalized spacial score (nSPS) is 12.9. The summed E-state index contributed by atoms with van der Waals surface area (Å²) in [5.74, 6) is -0.271. The lowest BCUT2D eigenvalue weighted by Gasteiger charge is -2.29. The third-order valence-corrected chi connectivity index (χ3v) is 5.76. The van der Waals surface area contributed by atoms with Gasteiger partial charge in [0.2, 0.25) is 11.8 Å². The number of aromatic amines is 1. The number of nitrogens with one attached hydrogen (secondary N) is 3. The molecule has 2 aromatic carbocycles. The Labute approximate surface area is 197 Å². The second-order valence-electron chi connectivity index (χ2n) is 7.16. The summed E-state index contributed by atoms with van der Waals surface area (Å²) in [6, 6.07) is 10.4. The zero-order chi connectivity index (χ0) is 23.1. The van der Waals surface area contributed by atoms with Gasteiger partial charge >= 0.3 is 0 Å². The highest BCUT2D eigenvalue weighted by Crippen LogP contribution is 2.37. The van der Waals surface area contributed by atoms with E-state index in [1.807, 2.05) is 12.1 Å². The Kier molecular flexibility index (Phi) is 5.27. The molecule has 0 unspecified atom stereocenters. The average molecular weight is 483 g/mol. The van der Waals surface area contributed by atoms with E-state index in [0.717, 1.165) is 10.9 Å². The van der Waals surface area contributed by atoms with Gasteiger partial charge in [0.1, 0.15) is 5.56 Å². The minimum Gasteiger partial charge on any atom is -0.455 e. The number of rotatable bonds is 4. The number of amides is 2. The molecule has 2 aromatic heterocycles. The Morgan fingerprint density at radius 3 is 2.76 bits per heavy atom. The molecule has 0 bridgehead atoms. The van der Waals surface area contributed by atoms with Gasteiger partial charge in [0.15, 0.2) is 6.73 Å². The van der Waals surface area contributed by atoms with Crippen LogP contribution in [-0.4, -0.2) is 40.5 Å². The number of halogens is 2. The molecule has 166 valence electrons. The summed E-state index contributed by atoms with van der Waals surface area (Å²) in [6.07, 6.45) is 3.13. The highest BCUT2D eigenvalue weighted by atomic mass is 35.5. The monoisotopic (exact) mass is 482 g/mol. The number of fused-ring (bicyclic) bond motifs is 2. The van der Waals surface area contributed by atoms with Crippen molar-refractivity contribution in [3.63, 3.8) is 0 Å². The maximum absolute atomic E-state index is 13.0. The van der Waals surface area contributed by atoms with Crippen LogP contribution in [-0.2, 0) is 0 Å². The number of anilines is 3. The first-order chi connectivity index (χ1) is 16.0. The molecule has 3 heterocycles. The van der Waals surface area contributed by atoms with Crippen LogP contribution in [0.25, 0.3) is 10.9 Å². The molecule has 0 aliphatic carbocycles. The van der Waals surface area contributed by atoms with Gasteiger partial charge in [-0.3, -0.25) is 14.5 Å². The highest BCUT2D eigenvalue weighted by molar-refractivity contribution is 6.40. The molecule has 0 atom stereocenters. The summed E-state index contributed by atoms with van der Waals surface area (Å²) in [5, 5.41) is 7.19. The van der Waals surface area contributed by atoms with Crippen molar-refractivity contribution in [1.29, 1.82) is 0 Å². The number of ether oxygens (including phenoxy) is 1. The van der Waals surface area contributed by atoms with Crippen molar-refractivity contribution in [2.45, 2.75) is 0 Å². The van der Waals surface area contributed by atoms with Crippen molar-refractivity contribution in [2.24, 2.45) is 0 Å². The van der Waals surface area contributed by atoms with Gasteiger partial charge in [0, 0.05) is 30.5 Å². The zero-order valence-electron chi connectivity index (χ0n) is 17.1. The lowest BCUT2D eigenvalue weighted by molar-refractivity contribution is 0.0930. The van der Waals surface area contributed by atoms with Crippen LogP contribution in [0.2, 0.25) is 10.0 Å². The lowest BCUT2D eigenvalue weighted by Crippen LogP contribution is -2.39. The van der Waals surface area contributed by atoms with Crippen LogP contribution in [0.4, 0.5) is 17.3 Å². The summed E-state index contributed by atoms with van der Waals surface area (Å²) >= 11 is 12.5. The van der Waals surface area contributed by atoms with Gasteiger partial charge in [-0.1, -0.05) is 29.3 Å². The van der Waals surface area contributed by atoms with E-state index >= 15 is 0 Å². The fourth-order valence-electron chi connectivity index (χ4n) is 3.61. The molecular formula is C22H16Cl2N6O3. The van der Waals surface area contributed by atoms with E-state index in [-0.39, 0.29) is 35.9 Å². The number of hydrogen-bond donors (Lipinski definition) is 3. The smallest absolute Gasteiger partial charge is 0.268 e. The molecular weight excluding hydrogens is 467 g/mol. The second-order valence-corrected chi connectivity index (χ2v) is 7.97. The topological polar surface area (TPSA) is 112 Å². The molecule has 0 radical (unpaired) electrons. The largest absolute Gasteiger partial charge is 0.455 e. The molecule has 4 aromatic rings. The van der Waals surface area contributed by atoms with Crippen molar-refractivity contribution in [1.82, 2.24) is 20.3 Å². The molecule has 9 nitrogen and oxygen atoms in total. The minimum atomic E-state index is -0.381. The van der Waals surface area contributed by atoms with E-state index in [0.29, 0.717) is 27.0 Å². The maximum atomic E-state index is 13.0. The summed E-state index contributed by atoms with van der Waals surface area (Å²) < 4.78 is 5.71. The minimum absolute atomic E-state index is 0.109. The molecule has 1 aliphatic rings. The van der Waals surface area contributed by atoms with Crippen molar-refractivity contribution in [2.75, 3.05) is 24.0 Å². The van der Waals surface area contributed by atoms with Crippen molar-refractivity contribution in [3.05, 3.63) is 70.0 Å². The first kappa shape index (κ1) is 21.0. The van der Waals surface area contributed by atoms with E-state index in [4.69, 9.17) is 27.9 Å². The van der Waals surface area contributed by atoms with Gasteiger partial charge in [-0.25, -0.2) is 4.98 Å². The number of nitrogens with zero attached hydrogens (tertiary/aromatic N) is 3. The Hall–Kier alpha value is -3.82. The Morgan fingerprint density at radius 2 is 2.00 bits per heavy atom. The number of aromatic nitrogens is 3. The molecule has 1 aliphatic heterocycles. The van der Waals surface area contributed by atoms with Gasteiger partial charge in [-0.15, -0.1) is 0 Å². The van der Waals surface area contributed by atoms with Gasteiger partial charge in [-0.2, -0.15) is 4.98 Å². The molecule has 0 spiro atoms. The first-order valence-electron chi connectivity index (χ1n) is 9.82. The molecule has 33 heavy (non-hydrogen) atoms. The number of hydrogen-bond acceptors (Lipinski definition) is 6. The molecule has 2 amide bonds. The van der Waals surface area contributed by atoms with Crippen molar-refractivity contribution >= 4 is 63.2 Å². The molecule has 0 fully saturated rings. The van der Waals surface area contributed by atoms with Gasteiger partial charge in [0.25, 0.3) is 11.8 Å². The molecule has 3 N–H and O–H groups in total. The predicted molar refractivity (Wildman–Crippen MR) is 126 cm³/mol. The SMILES string of the molecule is CNC(=O)c1cc(Nc2ncc3c(n2)OCN(c2c(Cl)cccc2Cl)C3=O)cc2cc[nH]c12. The summed E-state index contributed by atoms with van der Waals surface area (Å²) in [5.41, 5.74) is 2.33. The molecule has 5 rings (SSSR count). The standard InChI is InChI=1S/C22H16Cl2N6O3/c1-25-19(31)13-8-12(7-11-5-6-26-17(11)13)28-22-27-9-14-20(29-22)33-10-30(21(14)32)18-15(23)3-2-4-16(18)24/h2-9,26H,10H2,1H3,(H,25,31)(H,27,28,29). The van der Waals surface area contributed by atoms with E-state index in [1.165, 1.54) is 11.1 Å². The summed E-state index contributed by atoms with van der Waals surface area (Å²) in [7, 11) is 1.57. The number of para-hydroxylation sites is 1. The molecule has 11 heteroatoms. The van der Waals surface area contributed by atoms with Crippen LogP contribution in [0.3, 0.4) is 0 Å². The second kappa shape index (κ2) is 8.27. The van der Waals surface area contributed by atoms with Crippen molar-refractivity contribution in [3.8, 4) is 5.88 Å². The van der Waals surface area contributed by atoms with Crippen LogP contribution in [0.15, 0.2) is 48.8 Å². The Balaban J connectivity index is 1.45. The number of carbonyl (C=O) groups is 2. The fourth-order valence-corrected chi connectivity index (χ4v) is 4.21. The van der Waals surface area contributed by atoms with Crippen LogP contribution < -0.4 is 20.3 Å². The highest BCUT2D eigenvalue weighted by Gasteiger charge is 2.31. The third-order valence-electron chi connectivity index (χ3n) is 5.15. The van der Waals surface area contributed by atoms with E-state index in [2.05, 4.69) is 25.6 Å². The van der Waals surface area contributed by atoms with Crippen LogP contribution in [0.1, 0.15) is 20.7 Å². The zero-order valence-corrected chi connectivity index (χ0v) is 18.7. The van der Waals surface area contributed by atoms with Gasteiger partial charge in [-0.05, 0) is 30.3 Å². The third kappa shape index (κ3) is 3.71. The Bertz CT molecular complexity index is 1400.